The number of amides is 2. The maximum atomic E-state index is 13.1. The fourth-order valence-electron chi connectivity index (χ4n) is 7.07. The molecule has 2 amide bonds. The number of rotatable bonds is 10. The number of fused-ring (bicyclic) bond motifs is 1. The number of likely N-dealkylation sites (N-methyl/N-ethyl adjacent to an activating group) is 1. The van der Waals surface area contributed by atoms with Crippen molar-refractivity contribution in [3.05, 3.63) is 166 Å². The Bertz CT molecular complexity index is 1930. The fourth-order valence-corrected chi connectivity index (χ4v) is 7.07. The quantitative estimate of drug-likeness (QED) is 0.152. The zero-order valence-corrected chi connectivity index (χ0v) is 28.6. The van der Waals surface area contributed by atoms with E-state index in [1.807, 2.05) is 78.9 Å². The molecule has 5 aromatic rings. The van der Waals surface area contributed by atoms with Gasteiger partial charge in [0.15, 0.2) is 6.29 Å². The fraction of sp³-hybridized carbons (Fsp3) is 0.256. The van der Waals surface area contributed by atoms with Crippen molar-refractivity contribution in [3.63, 3.8) is 0 Å². The summed E-state index contributed by atoms with van der Waals surface area (Å²) in [7, 11) is 2.14. The standard InChI is InChI=1S/C43H42N2O5/c1-28-39(26-44(3)29(2)31-11-5-4-6-12-31)49-43(50-40(28)33-19-17-30(27-46)18-20-33)34-23-21-32(22-24-34)36-14-8-7-13-35(36)25-45-41(47)37-15-9-10-16-38(37)42(45)48/h4-24,28-29,39-40,43,46H,25-27H2,1-3H3/t28-,29-,39+,40+,43+/m0/s1. The smallest absolute Gasteiger partial charge is 0.261 e. The molecule has 2 heterocycles. The maximum absolute atomic E-state index is 13.1. The maximum Gasteiger partial charge on any atom is 0.261 e. The molecule has 0 spiro atoms. The minimum absolute atomic E-state index is 0.00827. The van der Waals surface area contributed by atoms with Crippen molar-refractivity contribution in [2.45, 2.75) is 51.5 Å². The van der Waals surface area contributed by atoms with Crippen LogP contribution in [0, 0.1) is 5.92 Å². The van der Waals surface area contributed by atoms with Gasteiger partial charge < -0.3 is 14.6 Å². The van der Waals surface area contributed by atoms with Gasteiger partial charge in [0, 0.05) is 24.1 Å². The predicted octanol–water partition coefficient (Wildman–Crippen LogP) is 8.13. The Morgan fingerprint density at radius 1 is 0.720 bits per heavy atom. The van der Waals surface area contributed by atoms with Gasteiger partial charge in [0.05, 0.1) is 36.5 Å². The second-order valence-electron chi connectivity index (χ2n) is 13.4. The first-order valence-corrected chi connectivity index (χ1v) is 17.2. The van der Waals surface area contributed by atoms with Crippen LogP contribution in [0.2, 0.25) is 0 Å². The van der Waals surface area contributed by atoms with E-state index in [-0.39, 0.29) is 49.1 Å². The van der Waals surface area contributed by atoms with Crippen molar-refractivity contribution in [1.29, 1.82) is 0 Å². The Labute approximate surface area is 293 Å². The van der Waals surface area contributed by atoms with Crippen LogP contribution in [0.3, 0.4) is 0 Å². The molecule has 0 saturated carbocycles. The molecule has 5 atom stereocenters. The topological polar surface area (TPSA) is 79.3 Å². The van der Waals surface area contributed by atoms with Crippen LogP contribution in [-0.2, 0) is 22.6 Å². The molecule has 7 rings (SSSR count). The third-order valence-electron chi connectivity index (χ3n) is 10.3. The van der Waals surface area contributed by atoms with Gasteiger partial charge in [-0.05, 0) is 59.5 Å². The third-order valence-corrected chi connectivity index (χ3v) is 10.3. The Morgan fingerprint density at radius 3 is 1.94 bits per heavy atom. The molecule has 7 nitrogen and oxygen atoms in total. The largest absolute Gasteiger partial charge is 0.392 e. The molecule has 1 fully saturated rings. The Kier molecular flexibility index (Phi) is 9.74. The van der Waals surface area contributed by atoms with Gasteiger partial charge in [-0.1, -0.05) is 122 Å². The summed E-state index contributed by atoms with van der Waals surface area (Å²) in [4.78, 5) is 29.9. The number of carbonyl (C=O) groups is 2. The lowest BCUT2D eigenvalue weighted by Gasteiger charge is -2.43. The number of ether oxygens (including phenoxy) is 2. The van der Waals surface area contributed by atoms with E-state index in [9.17, 15) is 14.7 Å². The minimum Gasteiger partial charge on any atom is -0.392 e. The van der Waals surface area contributed by atoms with Crippen molar-refractivity contribution in [1.82, 2.24) is 9.80 Å². The lowest BCUT2D eigenvalue weighted by molar-refractivity contribution is -0.276. The van der Waals surface area contributed by atoms with Gasteiger partial charge in [0.1, 0.15) is 0 Å². The van der Waals surface area contributed by atoms with Crippen molar-refractivity contribution in [2.75, 3.05) is 13.6 Å². The molecule has 0 aliphatic carbocycles. The molecule has 5 aromatic carbocycles. The molecule has 7 heteroatoms. The highest BCUT2D eigenvalue weighted by Gasteiger charge is 2.39. The number of hydrogen-bond acceptors (Lipinski definition) is 6. The minimum atomic E-state index is -0.596. The van der Waals surface area contributed by atoms with E-state index in [1.165, 1.54) is 10.5 Å². The number of hydrogen-bond donors (Lipinski definition) is 1. The average Bonchev–Trinajstić information content (AvgIpc) is 3.40. The second-order valence-corrected chi connectivity index (χ2v) is 13.4. The first kappa shape index (κ1) is 33.6. The number of aliphatic hydroxyl groups is 1. The van der Waals surface area contributed by atoms with Gasteiger partial charge in [-0.15, -0.1) is 0 Å². The Hall–Kier alpha value is -4.92. The molecule has 2 aliphatic rings. The lowest BCUT2D eigenvalue weighted by Crippen LogP contribution is -2.44. The second kappa shape index (κ2) is 14.5. The van der Waals surface area contributed by atoms with Gasteiger partial charge in [-0.25, -0.2) is 0 Å². The number of benzene rings is 5. The highest BCUT2D eigenvalue weighted by Crippen LogP contribution is 2.42. The van der Waals surface area contributed by atoms with Crippen molar-refractivity contribution >= 4 is 11.8 Å². The first-order valence-electron chi connectivity index (χ1n) is 17.2. The van der Waals surface area contributed by atoms with Crippen LogP contribution >= 0.6 is 0 Å². The molecular formula is C43H42N2O5. The molecule has 0 radical (unpaired) electrons. The molecule has 254 valence electrons. The van der Waals surface area contributed by atoms with E-state index >= 15 is 0 Å². The summed E-state index contributed by atoms with van der Waals surface area (Å²) in [6.07, 6.45) is -0.929. The summed E-state index contributed by atoms with van der Waals surface area (Å²) in [6.45, 7) is 5.29. The monoisotopic (exact) mass is 666 g/mol. The third kappa shape index (κ3) is 6.65. The Morgan fingerprint density at radius 2 is 1.30 bits per heavy atom. The van der Waals surface area contributed by atoms with Crippen LogP contribution in [0.1, 0.15) is 80.8 Å². The predicted molar refractivity (Wildman–Crippen MR) is 193 cm³/mol. The number of aliphatic hydroxyl groups excluding tert-OH is 1. The Balaban J connectivity index is 1.13. The van der Waals surface area contributed by atoms with Gasteiger partial charge in [0.25, 0.3) is 11.8 Å². The number of carbonyl (C=O) groups excluding carboxylic acids is 2. The van der Waals surface area contributed by atoms with Gasteiger partial charge in [-0.2, -0.15) is 0 Å². The van der Waals surface area contributed by atoms with E-state index in [2.05, 4.69) is 50.1 Å². The number of imide groups is 1. The highest BCUT2D eigenvalue weighted by atomic mass is 16.7. The van der Waals surface area contributed by atoms with Crippen LogP contribution in [0.15, 0.2) is 127 Å². The van der Waals surface area contributed by atoms with E-state index in [0.717, 1.165) is 33.4 Å². The first-order chi connectivity index (χ1) is 24.3. The summed E-state index contributed by atoms with van der Waals surface area (Å²) in [6, 6.07) is 41.7. The van der Waals surface area contributed by atoms with Gasteiger partial charge in [-0.3, -0.25) is 19.4 Å². The van der Waals surface area contributed by atoms with Crippen molar-refractivity contribution in [2.24, 2.45) is 5.92 Å². The zero-order chi connectivity index (χ0) is 34.8. The normalized spacial score (nSPS) is 21.0. The summed E-state index contributed by atoms with van der Waals surface area (Å²) < 4.78 is 13.5. The van der Waals surface area contributed by atoms with Crippen LogP contribution < -0.4 is 0 Å². The average molecular weight is 667 g/mol. The summed E-state index contributed by atoms with van der Waals surface area (Å²) in [5, 5.41) is 9.63. The number of nitrogens with zero attached hydrogens (tertiary/aromatic N) is 2. The molecule has 0 bridgehead atoms. The highest BCUT2D eigenvalue weighted by molar-refractivity contribution is 6.21. The summed E-state index contributed by atoms with van der Waals surface area (Å²) in [5.41, 5.74) is 7.75. The van der Waals surface area contributed by atoms with E-state index in [1.54, 1.807) is 24.3 Å². The van der Waals surface area contributed by atoms with Crippen molar-refractivity contribution in [3.8, 4) is 11.1 Å². The molecular weight excluding hydrogens is 624 g/mol. The van der Waals surface area contributed by atoms with Gasteiger partial charge in [0.2, 0.25) is 0 Å². The van der Waals surface area contributed by atoms with E-state index in [0.29, 0.717) is 17.7 Å². The zero-order valence-electron chi connectivity index (χ0n) is 28.6. The molecule has 1 N–H and O–H groups in total. The molecule has 0 aromatic heterocycles. The lowest BCUT2D eigenvalue weighted by atomic mass is 9.89. The van der Waals surface area contributed by atoms with Crippen LogP contribution in [0.5, 0.6) is 0 Å². The molecule has 0 unspecified atom stereocenters. The molecule has 2 aliphatic heterocycles. The van der Waals surface area contributed by atoms with E-state index in [4.69, 9.17) is 9.47 Å². The van der Waals surface area contributed by atoms with Crippen molar-refractivity contribution < 1.29 is 24.2 Å². The summed E-state index contributed by atoms with van der Waals surface area (Å²) in [5.74, 6) is -0.476. The summed E-state index contributed by atoms with van der Waals surface area (Å²) >= 11 is 0. The van der Waals surface area contributed by atoms with Crippen LogP contribution in [-0.4, -0.2) is 46.4 Å². The van der Waals surface area contributed by atoms with E-state index < -0.39 is 6.29 Å². The SMILES string of the molecule is C[C@H]1[C@@H](CN(C)[C@@H](C)c2ccccc2)O[C@@H](c2ccc(-c3ccccc3CN3C(=O)c4ccccc4C3=O)cc2)O[C@H]1c1ccc(CO)cc1. The van der Waals surface area contributed by atoms with Crippen LogP contribution in [0.4, 0.5) is 0 Å². The van der Waals surface area contributed by atoms with Gasteiger partial charge >= 0.3 is 0 Å². The molecule has 1 saturated heterocycles. The van der Waals surface area contributed by atoms with Crippen LogP contribution in [0.25, 0.3) is 11.1 Å². The molecule has 50 heavy (non-hydrogen) atoms.